The van der Waals surface area contributed by atoms with Crippen molar-refractivity contribution in [3.63, 3.8) is 0 Å². The van der Waals surface area contributed by atoms with Gasteiger partial charge in [0.2, 0.25) is 5.95 Å². The van der Waals surface area contributed by atoms with Gasteiger partial charge in [-0.25, -0.2) is 4.98 Å². The lowest BCUT2D eigenvalue weighted by Crippen LogP contribution is -2.16. The molecule has 0 saturated heterocycles. The number of alkyl halides is 3. The van der Waals surface area contributed by atoms with Gasteiger partial charge in [-0.15, -0.1) is 0 Å². The molecule has 21 heavy (non-hydrogen) atoms. The van der Waals surface area contributed by atoms with E-state index < -0.39 is 11.9 Å². The van der Waals surface area contributed by atoms with Crippen molar-refractivity contribution in [1.82, 2.24) is 14.9 Å². The van der Waals surface area contributed by atoms with Gasteiger partial charge in [0.1, 0.15) is 5.82 Å². The molecule has 0 aliphatic rings. The molecule has 1 aromatic rings. The summed E-state index contributed by atoms with van der Waals surface area (Å²) in [5.74, 6) is 0.182. The number of nitrogens with zero attached hydrogens (tertiary/aromatic N) is 3. The fourth-order valence-corrected chi connectivity index (χ4v) is 1.69. The minimum atomic E-state index is -4.48. The van der Waals surface area contributed by atoms with E-state index in [0.717, 1.165) is 25.5 Å². The molecule has 0 amide bonds. The van der Waals surface area contributed by atoms with Crippen LogP contribution in [-0.2, 0) is 6.18 Å². The monoisotopic (exact) mass is 305 g/mol. The van der Waals surface area contributed by atoms with Gasteiger partial charge in [0, 0.05) is 19.2 Å². The summed E-state index contributed by atoms with van der Waals surface area (Å²) in [5, 5.41) is 5.63. The zero-order chi connectivity index (χ0) is 15.9. The van der Waals surface area contributed by atoms with E-state index >= 15 is 0 Å². The predicted molar refractivity (Wildman–Crippen MR) is 77.5 cm³/mol. The zero-order valence-corrected chi connectivity index (χ0v) is 12.6. The van der Waals surface area contributed by atoms with Crippen molar-refractivity contribution >= 4 is 11.8 Å². The summed E-state index contributed by atoms with van der Waals surface area (Å²) in [7, 11) is 3.96. The maximum atomic E-state index is 12.8. The fraction of sp³-hybridized carbons (Fsp3) is 0.692. The molecule has 1 rings (SSSR count). The average Bonchev–Trinajstić information content (AvgIpc) is 2.37. The first-order valence-corrected chi connectivity index (χ1v) is 6.91. The molecule has 0 saturated carbocycles. The molecule has 0 aliphatic heterocycles. The van der Waals surface area contributed by atoms with Crippen molar-refractivity contribution in [1.29, 1.82) is 0 Å². The van der Waals surface area contributed by atoms with Gasteiger partial charge in [0.05, 0.1) is 0 Å². The van der Waals surface area contributed by atoms with Gasteiger partial charge < -0.3 is 15.5 Å². The number of rotatable bonds is 8. The third-order valence-corrected chi connectivity index (χ3v) is 2.69. The molecule has 0 bridgehead atoms. The highest BCUT2D eigenvalue weighted by molar-refractivity contribution is 5.43. The molecule has 8 heteroatoms. The van der Waals surface area contributed by atoms with Crippen LogP contribution in [0.5, 0.6) is 0 Å². The minimum absolute atomic E-state index is 0.0110. The van der Waals surface area contributed by atoms with Crippen LogP contribution in [0.2, 0.25) is 0 Å². The summed E-state index contributed by atoms with van der Waals surface area (Å²) in [6.07, 6.45) is -2.65. The molecule has 120 valence electrons. The quantitative estimate of drug-likeness (QED) is 0.723. The van der Waals surface area contributed by atoms with Crippen LogP contribution in [0, 0.1) is 0 Å². The molecule has 0 aliphatic carbocycles. The van der Waals surface area contributed by atoms with Gasteiger partial charge in [0.15, 0.2) is 5.69 Å². The largest absolute Gasteiger partial charge is 0.433 e. The molecule has 0 unspecified atom stereocenters. The maximum Gasteiger partial charge on any atom is 0.433 e. The van der Waals surface area contributed by atoms with Crippen molar-refractivity contribution in [2.45, 2.75) is 25.9 Å². The summed E-state index contributed by atoms with van der Waals surface area (Å²) >= 11 is 0. The molecule has 0 atom stereocenters. The Morgan fingerprint density at radius 2 is 1.86 bits per heavy atom. The summed E-state index contributed by atoms with van der Waals surface area (Å²) in [4.78, 5) is 9.56. The molecule has 2 N–H and O–H groups in total. The van der Waals surface area contributed by atoms with E-state index in [1.165, 1.54) is 0 Å². The molecule has 1 heterocycles. The van der Waals surface area contributed by atoms with Crippen molar-refractivity contribution in [2.75, 3.05) is 44.4 Å². The van der Waals surface area contributed by atoms with Crippen molar-refractivity contribution in [3.05, 3.63) is 11.8 Å². The van der Waals surface area contributed by atoms with E-state index in [2.05, 4.69) is 25.5 Å². The van der Waals surface area contributed by atoms with Gasteiger partial charge in [-0.3, -0.25) is 0 Å². The third-order valence-electron chi connectivity index (χ3n) is 2.69. The van der Waals surface area contributed by atoms with Crippen molar-refractivity contribution < 1.29 is 13.2 Å². The van der Waals surface area contributed by atoms with E-state index in [0.29, 0.717) is 13.1 Å². The number of nitrogens with one attached hydrogen (secondary N) is 2. The van der Waals surface area contributed by atoms with Crippen LogP contribution in [0.4, 0.5) is 24.9 Å². The van der Waals surface area contributed by atoms with E-state index in [1.807, 2.05) is 14.1 Å². The minimum Gasteiger partial charge on any atom is -0.370 e. The second kappa shape index (κ2) is 8.02. The highest BCUT2D eigenvalue weighted by Gasteiger charge is 2.33. The Labute approximate surface area is 123 Å². The number of hydrogen-bond acceptors (Lipinski definition) is 5. The number of aromatic nitrogens is 2. The Balaban J connectivity index is 2.65. The number of hydrogen-bond donors (Lipinski definition) is 2. The molecule has 0 spiro atoms. The van der Waals surface area contributed by atoms with Crippen LogP contribution >= 0.6 is 0 Å². The highest BCUT2D eigenvalue weighted by atomic mass is 19.4. The Morgan fingerprint density at radius 3 is 2.43 bits per heavy atom. The van der Waals surface area contributed by atoms with Gasteiger partial charge in [-0.2, -0.15) is 18.2 Å². The smallest absolute Gasteiger partial charge is 0.370 e. The molecule has 1 aromatic heterocycles. The Hall–Kier alpha value is -1.57. The first kappa shape index (κ1) is 17.5. The van der Waals surface area contributed by atoms with Gasteiger partial charge in [0.25, 0.3) is 0 Å². The summed E-state index contributed by atoms with van der Waals surface area (Å²) in [6.45, 7) is 3.76. The van der Waals surface area contributed by atoms with E-state index in [4.69, 9.17) is 0 Å². The predicted octanol–water partition coefficient (Wildman–Crippen LogP) is 2.68. The van der Waals surface area contributed by atoms with Crippen LogP contribution in [-0.4, -0.2) is 48.6 Å². The van der Waals surface area contributed by atoms with Gasteiger partial charge in [-0.05, 0) is 40.4 Å². The Bertz CT molecular complexity index is 434. The molecule has 0 aromatic carbocycles. The lowest BCUT2D eigenvalue weighted by molar-refractivity contribution is -0.141. The molecule has 0 fully saturated rings. The van der Waals surface area contributed by atoms with E-state index in [1.54, 1.807) is 6.92 Å². The van der Waals surface area contributed by atoms with Gasteiger partial charge in [-0.1, -0.05) is 0 Å². The number of unbranched alkanes of at least 4 members (excludes halogenated alkanes) is 1. The summed E-state index contributed by atoms with van der Waals surface area (Å²) in [6, 6.07) is 0.937. The third kappa shape index (κ3) is 6.61. The highest BCUT2D eigenvalue weighted by Crippen LogP contribution is 2.29. The van der Waals surface area contributed by atoms with Crippen LogP contribution in [0.1, 0.15) is 25.5 Å². The fourth-order valence-electron chi connectivity index (χ4n) is 1.69. The Morgan fingerprint density at radius 1 is 1.14 bits per heavy atom. The average molecular weight is 305 g/mol. The van der Waals surface area contributed by atoms with E-state index in [-0.39, 0.29) is 11.8 Å². The lowest BCUT2D eigenvalue weighted by Gasteiger charge is -2.13. The second-order valence-corrected chi connectivity index (χ2v) is 4.93. The first-order chi connectivity index (χ1) is 9.82. The first-order valence-electron chi connectivity index (χ1n) is 6.91. The number of halogens is 3. The molecular formula is C13H22F3N5. The summed E-state index contributed by atoms with van der Waals surface area (Å²) < 4.78 is 38.3. The molecule has 5 nitrogen and oxygen atoms in total. The van der Waals surface area contributed by atoms with E-state index in [9.17, 15) is 13.2 Å². The van der Waals surface area contributed by atoms with Crippen molar-refractivity contribution in [2.24, 2.45) is 0 Å². The SMILES string of the molecule is CCNc1nc(NCCCCN(C)C)cc(C(F)(F)F)n1. The number of anilines is 2. The molecule has 0 radical (unpaired) electrons. The van der Waals surface area contributed by atoms with Gasteiger partial charge >= 0.3 is 6.18 Å². The summed E-state index contributed by atoms with van der Waals surface area (Å²) in [5.41, 5.74) is -0.941. The zero-order valence-electron chi connectivity index (χ0n) is 12.6. The topological polar surface area (TPSA) is 53.1 Å². The molecular weight excluding hydrogens is 283 g/mol. The maximum absolute atomic E-state index is 12.8. The van der Waals surface area contributed by atoms with Crippen LogP contribution in [0.25, 0.3) is 0 Å². The lowest BCUT2D eigenvalue weighted by atomic mass is 10.3. The second-order valence-electron chi connectivity index (χ2n) is 4.93. The van der Waals surface area contributed by atoms with Crippen LogP contribution < -0.4 is 10.6 Å². The normalized spacial score (nSPS) is 11.8. The Kier molecular flexibility index (Phi) is 6.67. The van der Waals surface area contributed by atoms with Crippen molar-refractivity contribution in [3.8, 4) is 0 Å². The van der Waals surface area contributed by atoms with Crippen LogP contribution in [0.15, 0.2) is 6.07 Å². The van der Waals surface area contributed by atoms with Crippen LogP contribution in [0.3, 0.4) is 0 Å². The standard InChI is InChI=1S/C13H22F3N5/c1-4-17-12-19-10(13(14,15)16)9-11(20-12)18-7-5-6-8-21(2)3/h9H,4-8H2,1-3H3,(H2,17,18,19,20).